The van der Waals surface area contributed by atoms with Gasteiger partial charge >= 0.3 is 5.91 Å². The van der Waals surface area contributed by atoms with E-state index in [1.165, 1.54) is 30.5 Å². The fraction of sp³-hybridized carbons (Fsp3) is 0.100. The quantitative estimate of drug-likeness (QED) is 0.523. The average molecular weight is 382 g/mol. The summed E-state index contributed by atoms with van der Waals surface area (Å²) in [6, 6.07) is 18.6. The molecule has 0 bridgehead atoms. The minimum atomic E-state index is -3.54. The van der Waals surface area contributed by atoms with Gasteiger partial charge in [0.2, 0.25) is 0 Å². The SMILES string of the molecule is Cc1ccc(/C=N\NC(=O)c2ccc(CS(=O)(=O)c3ccccc3)o2)cc1. The summed E-state index contributed by atoms with van der Waals surface area (Å²) in [6.45, 7) is 1.98. The van der Waals surface area contributed by atoms with Gasteiger partial charge in [0.25, 0.3) is 0 Å². The topological polar surface area (TPSA) is 88.7 Å². The van der Waals surface area contributed by atoms with Crippen LogP contribution >= 0.6 is 0 Å². The van der Waals surface area contributed by atoms with Gasteiger partial charge in [-0.25, -0.2) is 13.8 Å². The number of aryl methyl sites for hydroxylation is 1. The van der Waals surface area contributed by atoms with Crippen molar-refractivity contribution in [2.24, 2.45) is 5.10 Å². The molecule has 0 saturated heterocycles. The fourth-order valence-electron chi connectivity index (χ4n) is 2.35. The summed E-state index contributed by atoms with van der Waals surface area (Å²) < 4.78 is 30.1. The number of benzene rings is 2. The number of hydrazone groups is 1. The molecule has 1 amide bonds. The largest absolute Gasteiger partial charge is 0.455 e. The highest BCUT2D eigenvalue weighted by Gasteiger charge is 2.19. The first kappa shape index (κ1) is 18.6. The molecule has 1 N–H and O–H groups in total. The summed E-state index contributed by atoms with van der Waals surface area (Å²) in [6.07, 6.45) is 1.51. The van der Waals surface area contributed by atoms with E-state index in [9.17, 15) is 13.2 Å². The monoisotopic (exact) mass is 382 g/mol. The molecule has 0 radical (unpaired) electrons. The molecule has 1 aromatic heterocycles. The third-order valence-corrected chi connectivity index (χ3v) is 5.43. The molecular formula is C20H18N2O4S. The maximum absolute atomic E-state index is 12.3. The number of sulfone groups is 1. The number of amides is 1. The van der Waals surface area contributed by atoms with Crippen molar-refractivity contribution in [3.63, 3.8) is 0 Å². The first-order valence-electron chi connectivity index (χ1n) is 8.21. The third-order valence-electron chi connectivity index (χ3n) is 3.78. The van der Waals surface area contributed by atoms with Gasteiger partial charge in [0, 0.05) is 0 Å². The first-order chi connectivity index (χ1) is 12.9. The Morgan fingerprint density at radius 3 is 2.44 bits per heavy atom. The molecule has 0 aliphatic carbocycles. The van der Waals surface area contributed by atoms with Crippen molar-refractivity contribution in [2.75, 3.05) is 0 Å². The minimum Gasteiger partial charge on any atom is -0.455 e. The van der Waals surface area contributed by atoms with E-state index in [2.05, 4.69) is 10.5 Å². The Balaban J connectivity index is 1.63. The fourth-order valence-corrected chi connectivity index (χ4v) is 3.62. The molecule has 0 saturated carbocycles. The van der Waals surface area contributed by atoms with Crippen LogP contribution in [-0.4, -0.2) is 20.5 Å². The number of rotatable bonds is 6. The molecule has 2 aromatic carbocycles. The minimum absolute atomic E-state index is 0.00526. The van der Waals surface area contributed by atoms with Crippen LogP contribution in [-0.2, 0) is 15.6 Å². The Labute approximate surface area is 157 Å². The standard InChI is InChI=1S/C20H18N2O4S/c1-15-7-9-16(10-8-15)13-21-22-20(23)19-12-11-17(26-19)14-27(24,25)18-5-3-2-4-6-18/h2-13H,14H2,1H3,(H,22,23)/b21-13-. The molecule has 1 heterocycles. The first-order valence-corrected chi connectivity index (χ1v) is 9.86. The van der Waals surface area contributed by atoms with Gasteiger partial charge in [-0.1, -0.05) is 48.0 Å². The second kappa shape index (κ2) is 8.01. The second-order valence-corrected chi connectivity index (χ2v) is 7.94. The smallest absolute Gasteiger partial charge is 0.307 e. The van der Waals surface area contributed by atoms with Gasteiger partial charge in [-0.3, -0.25) is 4.79 Å². The molecule has 0 atom stereocenters. The molecule has 6 nitrogen and oxygen atoms in total. The van der Waals surface area contributed by atoms with Gasteiger partial charge in [0.1, 0.15) is 11.5 Å². The molecular weight excluding hydrogens is 364 g/mol. The Bertz CT molecular complexity index is 1050. The van der Waals surface area contributed by atoms with Gasteiger partial charge < -0.3 is 4.42 Å². The van der Waals surface area contributed by atoms with Gasteiger partial charge in [-0.15, -0.1) is 0 Å². The molecule has 0 unspecified atom stereocenters. The van der Waals surface area contributed by atoms with Crippen LogP contribution in [0.5, 0.6) is 0 Å². The van der Waals surface area contributed by atoms with E-state index in [0.29, 0.717) is 0 Å². The molecule has 3 aromatic rings. The highest BCUT2D eigenvalue weighted by molar-refractivity contribution is 7.90. The Kier molecular flexibility index (Phi) is 5.52. The summed E-state index contributed by atoms with van der Waals surface area (Å²) in [5, 5.41) is 3.88. The van der Waals surface area contributed by atoms with Gasteiger partial charge in [-0.05, 0) is 36.8 Å². The van der Waals surface area contributed by atoms with Crippen LogP contribution < -0.4 is 5.43 Å². The summed E-state index contributed by atoms with van der Waals surface area (Å²) in [7, 11) is -3.54. The van der Waals surface area contributed by atoms with Crippen molar-refractivity contribution < 1.29 is 17.6 Å². The summed E-state index contributed by atoms with van der Waals surface area (Å²) >= 11 is 0. The normalized spacial score (nSPS) is 11.6. The number of carbonyl (C=O) groups is 1. The second-order valence-electron chi connectivity index (χ2n) is 5.95. The Hall–Kier alpha value is -3.19. The maximum Gasteiger partial charge on any atom is 0.307 e. The number of hydrogen-bond acceptors (Lipinski definition) is 5. The highest BCUT2D eigenvalue weighted by atomic mass is 32.2. The third kappa shape index (κ3) is 4.92. The Morgan fingerprint density at radius 1 is 1.04 bits per heavy atom. The lowest BCUT2D eigenvalue weighted by atomic mass is 10.2. The lowest BCUT2D eigenvalue weighted by Crippen LogP contribution is -2.16. The molecule has 0 aliphatic heterocycles. The van der Waals surface area contributed by atoms with Crippen molar-refractivity contribution in [1.82, 2.24) is 5.43 Å². The Morgan fingerprint density at radius 2 is 1.74 bits per heavy atom. The molecule has 138 valence electrons. The van der Waals surface area contributed by atoms with Crippen molar-refractivity contribution in [2.45, 2.75) is 17.6 Å². The zero-order chi connectivity index (χ0) is 19.3. The molecule has 27 heavy (non-hydrogen) atoms. The van der Waals surface area contributed by atoms with E-state index < -0.39 is 15.7 Å². The highest BCUT2D eigenvalue weighted by Crippen LogP contribution is 2.18. The van der Waals surface area contributed by atoms with Crippen LogP contribution in [0.1, 0.15) is 27.4 Å². The lowest BCUT2D eigenvalue weighted by Gasteiger charge is -2.02. The van der Waals surface area contributed by atoms with Crippen LogP contribution in [0.2, 0.25) is 0 Å². The number of furan rings is 1. The predicted molar refractivity (Wildman–Crippen MR) is 102 cm³/mol. The summed E-state index contributed by atoms with van der Waals surface area (Å²) in [5.74, 6) is -0.695. The van der Waals surface area contributed by atoms with Crippen molar-refractivity contribution >= 4 is 22.0 Å². The van der Waals surface area contributed by atoms with E-state index >= 15 is 0 Å². The molecule has 0 aliphatic rings. The van der Waals surface area contributed by atoms with Crippen molar-refractivity contribution in [3.05, 3.63) is 89.4 Å². The van der Waals surface area contributed by atoms with Crippen molar-refractivity contribution in [1.29, 1.82) is 0 Å². The van der Waals surface area contributed by atoms with Gasteiger partial charge in [0.05, 0.1) is 11.1 Å². The lowest BCUT2D eigenvalue weighted by molar-refractivity contribution is 0.0926. The molecule has 7 heteroatoms. The van der Waals surface area contributed by atoms with Gasteiger partial charge in [0.15, 0.2) is 15.6 Å². The molecule has 0 fully saturated rings. The van der Waals surface area contributed by atoms with Crippen LogP contribution in [0.25, 0.3) is 0 Å². The van der Waals surface area contributed by atoms with Gasteiger partial charge in [-0.2, -0.15) is 5.10 Å². The van der Waals surface area contributed by atoms with E-state index in [4.69, 9.17) is 4.42 Å². The average Bonchev–Trinajstić information content (AvgIpc) is 3.12. The van der Waals surface area contributed by atoms with Crippen LogP contribution in [0.4, 0.5) is 0 Å². The number of hydrogen-bond donors (Lipinski definition) is 1. The molecule has 3 rings (SSSR count). The van der Waals surface area contributed by atoms with Crippen LogP contribution in [0, 0.1) is 6.92 Å². The number of nitrogens with zero attached hydrogens (tertiary/aromatic N) is 1. The van der Waals surface area contributed by atoms with E-state index in [1.54, 1.807) is 18.2 Å². The predicted octanol–water partition coefficient (Wildman–Crippen LogP) is 3.33. The van der Waals surface area contributed by atoms with E-state index in [0.717, 1.165) is 11.1 Å². The van der Waals surface area contributed by atoms with Crippen LogP contribution in [0.3, 0.4) is 0 Å². The van der Waals surface area contributed by atoms with Crippen LogP contribution in [0.15, 0.2) is 81.1 Å². The summed E-state index contributed by atoms with van der Waals surface area (Å²) in [4.78, 5) is 12.3. The van der Waals surface area contributed by atoms with E-state index in [1.807, 2.05) is 31.2 Å². The zero-order valence-electron chi connectivity index (χ0n) is 14.6. The number of nitrogens with one attached hydrogen (secondary N) is 1. The number of carbonyl (C=O) groups excluding carboxylic acids is 1. The van der Waals surface area contributed by atoms with E-state index in [-0.39, 0.29) is 22.2 Å². The maximum atomic E-state index is 12.3. The van der Waals surface area contributed by atoms with Crippen molar-refractivity contribution in [3.8, 4) is 0 Å². The summed E-state index contributed by atoms with van der Waals surface area (Å²) in [5.41, 5.74) is 4.33. The molecule has 0 spiro atoms. The zero-order valence-corrected chi connectivity index (χ0v) is 15.4.